The second kappa shape index (κ2) is 3.59. The first kappa shape index (κ1) is 9.07. The van der Waals surface area contributed by atoms with Gasteiger partial charge in [0.15, 0.2) is 0 Å². The first-order valence-corrected chi connectivity index (χ1v) is 3.99. The molecule has 11 heavy (non-hydrogen) atoms. The zero-order valence-corrected chi connectivity index (χ0v) is 7.71. The lowest BCUT2D eigenvalue weighted by Gasteiger charge is -2.01. The van der Waals surface area contributed by atoms with Gasteiger partial charge in [0.2, 0.25) is 0 Å². The molecular formula is C6H5Cl3N2. The molecule has 0 aromatic carbocycles. The van der Waals surface area contributed by atoms with Crippen LogP contribution < -0.4 is 5.73 Å². The van der Waals surface area contributed by atoms with Crippen molar-refractivity contribution in [2.24, 2.45) is 5.73 Å². The summed E-state index contributed by atoms with van der Waals surface area (Å²) in [5.41, 5.74) is 5.88. The summed E-state index contributed by atoms with van der Waals surface area (Å²) >= 11 is 16.9. The molecule has 0 saturated heterocycles. The van der Waals surface area contributed by atoms with Crippen LogP contribution in [0.15, 0.2) is 6.07 Å². The smallest absolute Gasteiger partial charge is 0.148 e. The molecule has 0 saturated carbocycles. The fourth-order valence-corrected chi connectivity index (χ4v) is 1.21. The molecule has 0 aliphatic heterocycles. The molecule has 1 aromatic heterocycles. The lowest BCUT2D eigenvalue weighted by molar-refractivity contribution is 0.991. The van der Waals surface area contributed by atoms with Gasteiger partial charge in [-0.2, -0.15) is 0 Å². The molecule has 0 unspecified atom stereocenters. The number of nitrogens with two attached hydrogens (primary N) is 1. The molecule has 0 radical (unpaired) electrons. The SMILES string of the molecule is NCc1nc(Cl)c(Cl)cc1Cl. The maximum atomic E-state index is 5.72. The first-order chi connectivity index (χ1) is 5.15. The normalized spacial score (nSPS) is 10.2. The monoisotopic (exact) mass is 210 g/mol. The van der Waals surface area contributed by atoms with Gasteiger partial charge in [0.25, 0.3) is 0 Å². The third kappa shape index (κ3) is 1.97. The molecule has 0 aliphatic rings. The van der Waals surface area contributed by atoms with Gasteiger partial charge in [-0.05, 0) is 6.07 Å². The lowest BCUT2D eigenvalue weighted by Crippen LogP contribution is -2.00. The van der Waals surface area contributed by atoms with Crippen LogP contribution in [0.1, 0.15) is 5.69 Å². The van der Waals surface area contributed by atoms with Crippen molar-refractivity contribution in [2.45, 2.75) is 6.54 Å². The molecule has 0 atom stereocenters. The van der Waals surface area contributed by atoms with Crippen LogP contribution in [0.4, 0.5) is 0 Å². The molecule has 0 amide bonds. The van der Waals surface area contributed by atoms with Crippen molar-refractivity contribution in [3.05, 3.63) is 27.0 Å². The number of halogens is 3. The third-order valence-corrected chi connectivity index (χ3v) is 2.15. The second-order valence-electron chi connectivity index (χ2n) is 1.89. The Bertz CT molecular complexity index is 275. The minimum absolute atomic E-state index is 0.233. The van der Waals surface area contributed by atoms with Crippen LogP contribution in [0.2, 0.25) is 15.2 Å². The molecule has 1 heterocycles. The molecule has 0 aliphatic carbocycles. The molecule has 5 heteroatoms. The number of pyridine rings is 1. The van der Waals surface area contributed by atoms with Crippen molar-refractivity contribution in [2.75, 3.05) is 0 Å². The van der Waals surface area contributed by atoms with E-state index in [1.807, 2.05) is 0 Å². The lowest BCUT2D eigenvalue weighted by atomic mass is 10.3. The van der Waals surface area contributed by atoms with Crippen molar-refractivity contribution < 1.29 is 0 Å². The fraction of sp³-hybridized carbons (Fsp3) is 0.167. The van der Waals surface area contributed by atoms with Gasteiger partial charge in [-0.15, -0.1) is 0 Å². The van der Waals surface area contributed by atoms with Crippen LogP contribution in [0, 0.1) is 0 Å². The van der Waals surface area contributed by atoms with Crippen LogP contribution in [0.25, 0.3) is 0 Å². The minimum Gasteiger partial charge on any atom is -0.325 e. The Kier molecular flexibility index (Phi) is 2.96. The van der Waals surface area contributed by atoms with Gasteiger partial charge in [-0.3, -0.25) is 0 Å². The zero-order valence-electron chi connectivity index (χ0n) is 5.44. The highest BCUT2D eigenvalue weighted by Crippen LogP contribution is 2.25. The van der Waals surface area contributed by atoms with Gasteiger partial charge in [-0.1, -0.05) is 34.8 Å². The predicted octanol–water partition coefficient (Wildman–Crippen LogP) is 2.50. The average molecular weight is 211 g/mol. The number of aromatic nitrogens is 1. The van der Waals surface area contributed by atoms with E-state index in [1.54, 1.807) is 0 Å². The highest BCUT2D eigenvalue weighted by molar-refractivity contribution is 6.42. The van der Waals surface area contributed by atoms with Gasteiger partial charge in [-0.25, -0.2) is 4.98 Å². The molecule has 0 bridgehead atoms. The van der Waals surface area contributed by atoms with E-state index in [2.05, 4.69) is 4.98 Å². The third-order valence-electron chi connectivity index (χ3n) is 1.15. The standard InChI is InChI=1S/C6H5Cl3N2/c7-3-1-4(8)6(9)11-5(3)2-10/h1H,2,10H2. The summed E-state index contributed by atoms with van der Waals surface area (Å²) in [6.45, 7) is 0.260. The Morgan fingerprint density at radius 1 is 1.27 bits per heavy atom. The highest BCUT2D eigenvalue weighted by Gasteiger charge is 2.05. The minimum atomic E-state index is 0.233. The topological polar surface area (TPSA) is 38.9 Å². The molecule has 2 nitrogen and oxygen atoms in total. The van der Waals surface area contributed by atoms with Crippen molar-refractivity contribution in [3.63, 3.8) is 0 Å². The first-order valence-electron chi connectivity index (χ1n) is 2.85. The summed E-state index contributed by atoms with van der Waals surface area (Å²) in [6, 6.07) is 1.53. The van der Waals surface area contributed by atoms with Gasteiger partial charge in [0, 0.05) is 6.54 Å². The largest absolute Gasteiger partial charge is 0.325 e. The Balaban J connectivity index is 3.21. The highest BCUT2D eigenvalue weighted by atomic mass is 35.5. The number of hydrogen-bond donors (Lipinski definition) is 1. The summed E-state index contributed by atoms with van der Waals surface area (Å²) in [7, 11) is 0. The molecule has 1 rings (SSSR count). The molecule has 2 N–H and O–H groups in total. The molecule has 0 spiro atoms. The van der Waals surface area contributed by atoms with E-state index < -0.39 is 0 Å². The summed E-state index contributed by atoms with van der Waals surface area (Å²) < 4.78 is 0. The van der Waals surface area contributed by atoms with E-state index in [0.717, 1.165) is 0 Å². The number of hydrogen-bond acceptors (Lipinski definition) is 2. The fourth-order valence-electron chi connectivity index (χ4n) is 0.623. The van der Waals surface area contributed by atoms with E-state index in [4.69, 9.17) is 40.5 Å². The van der Waals surface area contributed by atoms with E-state index in [0.29, 0.717) is 15.7 Å². The Hall–Kier alpha value is -0.0200. The molecular weight excluding hydrogens is 206 g/mol. The number of rotatable bonds is 1. The van der Waals surface area contributed by atoms with Crippen molar-refractivity contribution in [1.29, 1.82) is 0 Å². The number of nitrogens with zero attached hydrogens (tertiary/aromatic N) is 1. The Morgan fingerprint density at radius 3 is 2.45 bits per heavy atom. The summed E-state index contributed by atoms with van der Waals surface area (Å²) in [5, 5.41) is 1.02. The van der Waals surface area contributed by atoms with Crippen LogP contribution >= 0.6 is 34.8 Å². The molecule has 0 fully saturated rings. The molecule has 60 valence electrons. The van der Waals surface area contributed by atoms with Gasteiger partial charge in [0.1, 0.15) is 5.15 Å². The Morgan fingerprint density at radius 2 is 1.91 bits per heavy atom. The van der Waals surface area contributed by atoms with Gasteiger partial charge in [0.05, 0.1) is 15.7 Å². The average Bonchev–Trinajstić information content (AvgIpc) is 1.97. The molecule has 1 aromatic rings. The van der Waals surface area contributed by atoms with Crippen molar-refractivity contribution in [1.82, 2.24) is 4.98 Å². The summed E-state index contributed by atoms with van der Waals surface area (Å²) in [6.07, 6.45) is 0. The summed E-state index contributed by atoms with van der Waals surface area (Å²) in [5.74, 6) is 0. The van der Waals surface area contributed by atoms with E-state index >= 15 is 0 Å². The predicted molar refractivity (Wildman–Crippen MR) is 47.2 cm³/mol. The van der Waals surface area contributed by atoms with Crippen LogP contribution in [0.5, 0.6) is 0 Å². The summed E-state index contributed by atoms with van der Waals surface area (Å²) in [4.78, 5) is 3.87. The maximum Gasteiger partial charge on any atom is 0.148 e. The van der Waals surface area contributed by atoms with E-state index in [1.165, 1.54) is 6.07 Å². The van der Waals surface area contributed by atoms with Gasteiger partial charge < -0.3 is 5.73 Å². The van der Waals surface area contributed by atoms with Crippen LogP contribution in [0.3, 0.4) is 0 Å². The second-order valence-corrected chi connectivity index (χ2v) is 3.07. The van der Waals surface area contributed by atoms with E-state index in [-0.39, 0.29) is 11.7 Å². The van der Waals surface area contributed by atoms with Crippen LogP contribution in [-0.4, -0.2) is 4.98 Å². The zero-order chi connectivity index (χ0) is 8.43. The van der Waals surface area contributed by atoms with Crippen LogP contribution in [-0.2, 0) is 6.54 Å². The van der Waals surface area contributed by atoms with Crippen molar-refractivity contribution in [3.8, 4) is 0 Å². The van der Waals surface area contributed by atoms with Crippen molar-refractivity contribution >= 4 is 34.8 Å². The Labute approximate surface area is 79.3 Å². The maximum absolute atomic E-state index is 5.72. The van der Waals surface area contributed by atoms with E-state index in [9.17, 15) is 0 Å². The van der Waals surface area contributed by atoms with Gasteiger partial charge >= 0.3 is 0 Å². The quantitative estimate of drug-likeness (QED) is 0.725.